The zero-order chi connectivity index (χ0) is 5.98. The van der Waals surface area contributed by atoms with E-state index in [0.717, 1.165) is 12.8 Å². The molecule has 1 heterocycles. The van der Waals surface area contributed by atoms with Crippen molar-refractivity contribution in [1.29, 1.82) is 0 Å². The van der Waals surface area contributed by atoms with E-state index >= 15 is 0 Å². The van der Waals surface area contributed by atoms with Crippen molar-refractivity contribution < 1.29 is 4.79 Å². The molecule has 0 saturated heterocycles. The Labute approximate surface area is 48.6 Å². The van der Waals surface area contributed by atoms with Crippen LogP contribution < -0.4 is 0 Å². The fourth-order valence-corrected chi connectivity index (χ4v) is 0.730. The van der Waals surface area contributed by atoms with E-state index in [4.69, 9.17) is 0 Å². The van der Waals surface area contributed by atoms with Gasteiger partial charge < -0.3 is 0 Å². The number of hydrogen-bond acceptors (Lipinski definition) is 1. The van der Waals surface area contributed by atoms with E-state index < -0.39 is 0 Å². The first-order chi connectivity index (χ1) is 3.80. The molecule has 0 aliphatic carbocycles. The largest absolute Gasteiger partial charge is 0.272 e. The molecular formula is C6H9NO. The molecule has 0 spiro atoms. The summed E-state index contributed by atoms with van der Waals surface area (Å²) in [5.74, 6) is 0.205. The highest BCUT2D eigenvalue weighted by atomic mass is 16.1. The Kier molecular flexibility index (Phi) is 1.42. The molecule has 8 heavy (non-hydrogen) atoms. The van der Waals surface area contributed by atoms with Crippen molar-refractivity contribution >= 4 is 12.1 Å². The normalized spacial score (nSPS) is 28.6. The lowest BCUT2D eigenvalue weighted by atomic mass is 10.0. The molecule has 0 N–H and O–H groups in total. The fraction of sp³-hybridized carbons (Fsp3) is 0.667. The summed E-state index contributed by atoms with van der Waals surface area (Å²) in [6, 6.07) is 0. The molecule has 0 aromatic rings. The van der Waals surface area contributed by atoms with Crippen molar-refractivity contribution in [3.8, 4) is 0 Å². The summed E-state index contributed by atoms with van der Waals surface area (Å²) in [7, 11) is 0. The van der Waals surface area contributed by atoms with E-state index in [1.807, 2.05) is 6.92 Å². The Bertz CT molecular complexity index is 128. The Morgan fingerprint density at radius 3 is 3.00 bits per heavy atom. The summed E-state index contributed by atoms with van der Waals surface area (Å²) >= 11 is 0. The van der Waals surface area contributed by atoms with E-state index in [1.165, 1.54) is 0 Å². The van der Waals surface area contributed by atoms with Crippen LogP contribution in [0.25, 0.3) is 0 Å². The van der Waals surface area contributed by atoms with Gasteiger partial charge in [0.25, 0.3) is 0 Å². The van der Waals surface area contributed by atoms with Gasteiger partial charge in [0.2, 0.25) is 5.91 Å². The van der Waals surface area contributed by atoms with Crippen molar-refractivity contribution in [1.82, 2.24) is 0 Å². The molecular weight excluding hydrogens is 102 g/mol. The average Bonchev–Trinajstić information content (AvgIpc) is 1.77. The van der Waals surface area contributed by atoms with Crippen molar-refractivity contribution in [3.05, 3.63) is 0 Å². The molecule has 0 saturated carbocycles. The van der Waals surface area contributed by atoms with Crippen LogP contribution in [0.3, 0.4) is 0 Å². The molecule has 0 radical (unpaired) electrons. The number of rotatable bonds is 0. The predicted octanol–water partition coefficient (Wildman–Crippen LogP) is 1.01. The van der Waals surface area contributed by atoms with Crippen LogP contribution in [0, 0.1) is 5.92 Å². The maximum Gasteiger partial charge on any atom is 0.248 e. The number of carbonyl (C=O) groups is 1. The van der Waals surface area contributed by atoms with Gasteiger partial charge >= 0.3 is 0 Å². The second-order valence-electron chi connectivity index (χ2n) is 2.13. The van der Waals surface area contributed by atoms with E-state index in [0.29, 0.717) is 0 Å². The molecule has 1 atom stereocenters. The van der Waals surface area contributed by atoms with E-state index in [9.17, 15) is 4.79 Å². The van der Waals surface area contributed by atoms with Gasteiger partial charge in [-0.05, 0) is 12.8 Å². The summed E-state index contributed by atoms with van der Waals surface area (Å²) in [6.07, 6.45) is 3.64. The van der Waals surface area contributed by atoms with Gasteiger partial charge in [-0.15, -0.1) is 0 Å². The molecule has 44 valence electrons. The van der Waals surface area contributed by atoms with Crippen molar-refractivity contribution in [2.45, 2.75) is 19.8 Å². The maximum absolute atomic E-state index is 10.6. The van der Waals surface area contributed by atoms with Crippen LogP contribution in [0.2, 0.25) is 0 Å². The van der Waals surface area contributed by atoms with Gasteiger partial charge in [0, 0.05) is 12.1 Å². The lowest BCUT2D eigenvalue weighted by Gasteiger charge is -2.07. The molecule has 0 bridgehead atoms. The summed E-state index contributed by atoms with van der Waals surface area (Å²) in [5, 5.41) is 0. The fourth-order valence-electron chi connectivity index (χ4n) is 0.730. The van der Waals surface area contributed by atoms with Gasteiger partial charge in [0.05, 0.1) is 0 Å². The quantitative estimate of drug-likeness (QED) is 0.458. The Balaban J connectivity index is 2.60. The second-order valence-corrected chi connectivity index (χ2v) is 2.13. The number of aliphatic imine (C=N–C) groups is 1. The Hall–Kier alpha value is -0.660. The Morgan fingerprint density at radius 2 is 2.62 bits per heavy atom. The first kappa shape index (κ1) is 5.48. The monoisotopic (exact) mass is 111 g/mol. The third kappa shape index (κ3) is 0.941. The highest BCUT2D eigenvalue weighted by Crippen LogP contribution is 2.09. The van der Waals surface area contributed by atoms with Crippen molar-refractivity contribution in [3.63, 3.8) is 0 Å². The molecule has 2 heteroatoms. The van der Waals surface area contributed by atoms with Crippen molar-refractivity contribution in [2.75, 3.05) is 0 Å². The van der Waals surface area contributed by atoms with Crippen LogP contribution in [0.4, 0.5) is 0 Å². The van der Waals surface area contributed by atoms with Crippen LogP contribution >= 0.6 is 0 Å². The van der Waals surface area contributed by atoms with Gasteiger partial charge in [-0.3, -0.25) is 4.79 Å². The minimum atomic E-state index is 0.0382. The van der Waals surface area contributed by atoms with E-state index in [-0.39, 0.29) is 11.8 Å². The van der Waals surface area contributed by atoms with Crippen LogP contribution in [0.1, 0.15) is 19.8 Å². The van der Waals surface area contributed by atoms with Crippen LogP contribution in [0.5, 0.6) is 0 Å². The third-order valence-electron chi connectivity index (χ3n) is 1.37. The SMILES string of the molecule is CC1CCC=NC1=O. The molecule has 0 aromatic carbocycles. The van der Waals surface area contributed by atoms with Gasteiger partial charge in [0.1, 0.15) is 0 Å². The second kappa shape index (κ2) is 2.07. The summed E-state index contributed by atoms with van der Waals surface area (Å²) < 4.78 is 0. The third-order valence-corrected chi connectivity index (χ3v) is 1.37. The highest BCUT2D eigenvalue weighted by Gasteiger charge is 2.12. The molecule has 1 aliphatic heterocycles. The summed E-state index contributed by atoms with van der Waals surface area (Å²) in [6.45, 7) is 1.92. The molecule has 1 rings (SSSR count). The maximum atomic E-state index is 10.6. The van der Waals surface area contributed by atoms with Crippen LogP contribution in [0.15, 0.2) is 4.99 Å². The highest BCUT2D eigenvalue weighted by molar-refractivity contribution is 5.88. The number of amides is 1. The van der Waals surface area contributed by atoms with E-state index in [1.54, 1.807) is 6.21 Å². The lowest BCUT2D eigenvalue weighted by Crippen LogP contribution is -2.12. The Morgan fingerprint density at radius 1 is 1.88 bits per heavy atom. The number of hydrogen-bond donors (Lipinski definition) is 0. The van der Waals surface area contributed by atoms with Crippen LogP contribution in [-0.4, -0.2) is 12.1 Å². The predicted molar refractivity (Wildman–Crippen MR) is 31.9 cm³/mol. The standard InChI is InChI=1S/C6H9NO/c1-5-3-2-4-7-6(5)8/h4-5H,2-3H2,1H3. The molecule has 0 fully saturated rings. The number of nitrogens with zero attached hydrogens (tertiary/aromatic N) is 1. The molecule has 0 aromatic heterocycles. The molecule has 1 aliphatic rings. The molecule has 1 unspecified atom stereocenters. The summed E-state index contributed by atoms with van der Waals surface area (Å²) in [5.41, 5.74) is 0. The minimum absolute atomic E-state index is 0.0382. The number of carbonyl (C=O) groups excluding carboxylic acids is 1. The zero-order valence-corrected chi connectivity index (χ0v) is 4.92. The average molecular weight is 111 g/mol. The smallest absolute Gasteiger partial charge is 0.248 e. The zero-order valence-electron chi connectivity index (χ0n) is 4.92. The van der Waals surface area contributed by atoms with Crippen LogP contribution in [-0.2, 0) is 4.79 Å². The topological polar surface area (TPSA) is 29.4 Å². The first-order valence-corrected chi connectivity index (χ1v) is 2.87. The lowest BCUT2D eigenvalue weighted by molar-refractivity contribution is -0.121. The van der Waals surface area contributed by atoms with Crippen molar-refractivity contribution in [2.24, 2.45) is 10.9 Å². The van der Waals surface area contributed by atoms with Gasteiger partial charge in [-0.2, -0.15) is 0 Å². The van der Waals surface area contributed by atoms with E-state index in [2.05, 4.69) is 4.99 Å². The molecule has 2 nitrogen and oxygen atoms in total. The van der Waals surface area contributed by atoms with Gasteiger partial charge in [-0.25, -0.2) is 4.99 Å². The molecule has 1 amide bonds. The summed E-state index contributed by atoms with van der Waals surface area (Å²) in [4.78, 5) is 14.2. The minimum Gasteiger partial charge on any atom is -0.272 e. The van der Waals surface area contributed by atoms with Gasteiger partial charge in [-0.1, -0.05) is 6.92 Å². The first-order valence-electron chi connectivity index (χ1n) is 2.87. The van der Waals surface area contributed by atoms with Gasteiger partial charge in [0.15, 0.2) is 0 Å².